The molecule has 2 aromatic rings. The molecule has 0 fully saturated rings. The Morgan fingerprint density at radius 2 is 2.17 bits per heavy atom. The molecule has 0 aliphatic heterocycles. The molecule has 94 valence electrons. The van der Waals surface area contributed by atoms with Crippen molar-refractivity contribution >= 4 is 28.5 Å². The number of nitrogens with zero attached hydrogens (tertiary/aromatic N) is 1. The molecule has 0 aliphatic rings. The first-order valence-electron chi connectivity index (χ1n) is 5.50. The first-order valence-corrected chi connectivity index (χ1v) is 5.87. The lowest BCUT2D eigenvalue weighted by atomic mass is 10.0. The van der Waals surface area contributed by atoms with Crippen molar-refractivity contribution in [3.63, 3.8) is 0 Å². The maximum absolute atomic E-state index is 11.1. The van der Waals surface area contributed by atoms with Crippen LogP contribution in [0.5, 0.6) is 0 Å². The summed E-state index contributed by atoms with van der Waals surface area (Å²) in [5, 5.41) is 13.2. The molecule has 0 saturated carbocycles. The summed E-state index contributed by atoms with van der Waals surface area (Å²) in [5.74, 6) is -0.907. The molecule has 0 radical (unpaired) electrons. The fourth-order valence-electron chi connectivity index (χ4n) is 1.89. The summed E-state index contributed by atoms with van der Waals surface area (Å²) in [6, 6.07) is 6.54. The molecule has 1 atom stereocenters. The Hall–Kier alpha value is -1.65. The van der Waals surface area contributed by atoms with Crippen LogP contribution in [0.2, 0.25) is 5.15 Å². The van der Waals surface area contributed by atoms with Crippen molar-refractivity contribution in [2.45, 2.75) is 13.0 Å². The Kier molecular flexibility index (Phi) is 3.50. The third-order valence-electron chi connectivity index (χ3n) is 2.84. The highest BCUT2D eigenvalue weighted by Gasteiger charge is 2.17. The lowest BCUT2D eigenvalue weighted by Gasteiger charge is -2.12. The quantitative estimate of drug-likeness (QED) is 0.837. The number of aliphatic carboxylic acids is 1. The SMILES string of the molecule is CNC(C(=O)O)c1ccc2nc(Cl)c(C)cc2c1. The number of hydrogen-bond acceptors (Lipinski definition) is 3. The Morgan fingerprint density at radius 1 is 1.44 bits per heavy atom. The fourth-order valence-corrected chi connectivity index (χ4v) is 2.04. The van der Waals surface area contributed by atoms with Gasteiger partial charge in [0.05, 0.1) is 5.52 Å². The summed E-state index contributed by atoms with van der Waals surface area (Å²) in [6.07, 6.45) is 0. The molecule has 2 rings (SSSR count). The zero-order valence-electron chi connectivity index (χ0n) is 10.1. The van der Waals surface area contributed by atoms with Gasteiger partial charge in [0.15, 0.2) is 0 Å². The molecular weight excluding hydrogens is 252 g/mol. The van der Waals surface area contributed by atoms with Gasteiger partial charge in [0.1, 0.15) is 11.2 Å². The van der Waals surface area contributed by atoms with Crippen molar-refractivity contribution in [3.8, 4) is 0 Å². The maximum Gasteiger partial charge on any atom is 0.325 e. The molecular formula is C13H13ClN2O2. The zero-order chi connectivity index (χ0) is 13.3. The van der Waals surface area contributed by atoms with Crippen molar-refractivity contribution < 1.29 is 9.90 Å². The van der Waals surface area contributed by atoms with Crippen LogP contribution in [0, 0.1) is 6.92 Å². The van der Waals surface area contributed by atoms with E-state index < -0.39 is 12.0 Å². The van der Waals surface area contributed by atoms with Crippen molar-refractivity contribution in [2.24, 2.45) is 0 Å². The van der Waals surface area contributed by atoms with Crippen molar-refractivity contribution in [1.82, 2.24) is 10.3 Å². The van der Waals surface area contributed by atoms with Crippen LogP contribution in [-0.4, -0.2) is 23.1 Å². The van der Waals surface area contributed by atoms with Gasteiger partial charge < -0.3 is 10.4 Å². The number of carboxylic acids is 1. The van der Waals surface area contributed by atoms with Crippen LogP contribution in [0.15, 0.2) is 24.3 Å². The van der Waals surface area contributed by atoms with Gasteiger partial charge in [0.25, 0.3) is 0 Å². The average molecular weight is 265 g/mol. The molecule has 0 aliphatic carbocycles. The Balaban J connectivity index is 2.56. The summed E-state index contributed by atoms with van der Waals surface area (Å²) in [5.41, 5.74) is 2.33. The second-order valence-corrected chi connectivity index (χ2v) is 4.47. The van der Waals surface area contributed by atoms with E-state index in [1.165, 1.54) is 0 Å². The van der Waals surface area contributed by atoms with E-state index in [9.17, 15) is 4.79 Å². The summed E-state index contributed by atoms with van der Waals surface area (Å²) in [4.78, 5) is 15.3. The van der Waals surface area contributed by atoms with Crippen molar-refractivity contribution in [1.29, 1.82) is 0 Å². The lowest BCUT2D eigenvalue weighted by molar-refractivity contribution is -0.139. The molecule has 1 aromatic heterocycles. The zero-order valence-corrected chi connectivity index (χ0v) is 10.8. The molecule has 2 N–H and O–H groups in total. The highest BCUT2D eigenvalue weighted by molar-refractivity contribution is 6.30. The highest BCUT2D eigenvalue weighted by Crippen LogP contribution is 2.23. The number of rotatable bonds is 3. The smallest absolute Gasteiger partial charge is 0.325 e. The third-order valence-corrected chi connectivity index (χ3v) is 3.22. The number of benzene rings is 1. The first kappa shape index (κ1) is 12.8. The van der Waals surface area contributed by atoms with Gasteiger partial charge in [-0.15, -0.1) is 0 Å². The van der Waals surface area contributed by atoms with Gasteiger partial charge in [-0.25, -0.2) is 4.98 Å². The largest absolute Gasteiger partial charge is 0.480 e. The number of aromatic nitrogens is 1. The van der Waals surface area contributed by atoms with E-state index in [4.69, 9.17) is 16.7 Å². The van der Waals surface area contributed by atoms with Crippen LogP contribution in [0.3, 0.4) is 0 Å². The minimum absolute atomic E-state index is 0.471. The van der Waals surface area contributed by atoms with Crippen LogP contribution in [-0.2, 0) is 4.79 Å². The number of hydrogen-bond donors (Lipinski definition) is 2. The highest BCUT2D eigenvalue weighted by atomic mass is 35.5. The van der Waals surface area contributed by atoms with E-state index in [1.54, 1.807) is 19.2 Å². The van der Waals surface area contributed by atoms with Crippen molar-refractivity contribution in [3.05, 3.63) is 40.5 Å². The maximum atomic E-state index is 11.1. The standard InChI is InChI=1S/C13H13ClN2O2/c1-7-5-9-6-8(11(15-2)13(17)18)3-4-10(9)16-12(7)14/h3-6,11,15H,1-2H3,(H,17,18). The van der Waals surface area contributed by atoms with E-state index in [0.29, 0.717) is 10.7 Å². The van der Waals surface area contributed by atoms with Crippen LogP contribution in [0.4, 0.5) is 0 Å². The molecule has 5 heteroatoms. The van der Waals surface area contributed by atoms with Gasteiger partial charge in [-0.2, -0.15) is 0 Å². The Morgan fingerprint density at radius 3 is 2.78 bits per heavy atom. The molecule has 1 heterocycles. The number of carbonyl (C=O) groups is 1. The number of pyridine rings is 1. The van der Waals surface area contributed by atoms with Crippen LogP contribution < -0.4 is 5.32 Å². The summed E-state index contributed by atoms with van der Waals surface area (Å²) < 4.78 is 0. The van der Waals surface area contributed by atoms with Crippen LogP contribution in [0.25, 0.3) is 10.9 Å². The van der Waals surface area contributed by atoms with E-state index in [1.807, 2.05) is 19.1 Å². The van der Waals surface area contributed by atoms with Gasteiger partial charge in [-0.3, -0.25) is 4.79 Å². The van der Waals surface area contributed by atoms with Gasteiger partial charge in [0.2, 0.25) is 0 Å². The van der Waals surface area contributed by atoms with Gasteiger partial charge in [0, 0.05) is 5.39 Å². The monoisotopic (exact) mass is 264 g/mol. The Labute approximate surface area is 110 Å². The summed E-state index contributed by atoms with van der Waals surface area (Å²) >= 11 is 5.95. The number of aryl methyl sites for hydroxylation is 1. The predicted octanol–water partition coefficient (Wildman–Crippen LogP) is 2.54. The summed E-state index contributed by atoms with van der Waals surface area (Å²) in [6.45, 7) is 1.87. The second-order valence-electron chi connectivity index (χ2n) is 4.11. The second kappa shape index (κ2) is 4.92. The molecule has 0 amide bonds. The molecule has 0 saturated heterocycles. The number of carboxylic acid groups (broad SMARTS) is 1. The van der Waals surface area contributed by atoms with Crippen molar-refractivity contribution in [2.75, 3.05) is 7.05 Å². The minimum atomic E-state index is -0.907. The number of likely N-dealkylation sites (N-methyl/N-ethyl adjacent to an activating group) is 1. The lowest BCUT2D eigenvalue weighted by Crippen LogP contribution is -2.24. The summed E-state index contributed by atoms with van der Waals surface area (Å²) in [7, 11) is 1.62. The van der Waals surface area contributed by atoms with E-state index in [0.717, 1.165) is 16.5 Å². The predicted molar refractivity (Wildman–Crippen MR) is 70.9 cm³/mol. The number of fused-ring (bicyclic) bond motifs is 1. The molecule has 0 bridgehead atoms. The van der Waals surface area contributed by atoms with E-state index >= 15 is 0 Å². The van der Waals surface area contributed by atoms with Gasteiger partial charge >= 0.3 is 5.97 Å². The first-order chi connectivity index (χ1) is 8.52. The fraction of sp³-hybridized carbons (Fsp3) is 0.231. The van der Waals surface area contributed by atoms with E-state index in [-0.39, 0.29) is 0 Å². The Bertz CT molecular complexity index is 613. The normalized spacial score (nSPS) is 12.6. The van der Waals surface area contributed by atoms with Gasteiger partial charge in [-0.05, 0) is 43.3 Å². The molecule has 1 aromatic carbocycles. The third kappa shape index (κ3) is 2.30. The molecule has 1 unspecified atom stereocenters. The van der Waals surface area contributed by atoms with E-state index in [2.05, 4.69) is 10.3 Å². The topological polar surface area (TPSA) is 62.2 Å². The van der Waals surface area contributed by atoms with Crippen LogP contribution in [0.1, 0.15) is 17.2 Å². The number of nitrogens with one attached hydrogen (secondary N) is 1. The van der Waals surface area contributed by atoms with Crippen LogP contribution >= 0.6 is 11.6 Å². The minimum Gasteiger partial charge on any atom is -0.480 e. The molecule has 18 heavy (non-hydrogen) atoms. The molecule has 0 spiro atoms. The molecule has 4 nitrogen and oxygen atoms in total. The van der Waals surface area contributed by atoms with Gasteiger partial charge in [-0.1, -0.05) is 17.7 Å². The number of halogens is 1. The average Bonchev–Trinajstić information content (AvgIpc) is 2.31.